The van der Waals surface area contributed by atoms with Gasteiger partial charge in [-0.3, -0.25) is 0 Å². The number of aliphatic hydroxyl groups excluding tert-OH is 1. The highest BCUT2D eigenvalue weighted by molar-refractivity contribution is 5.45. The van der Waals surface area contributed by atoms with Crippen molar-refractivity contribution in [2.24, 2.45) is 0 Å². The van der Waals surface area contributed by atoms with E-state index in [2.05, 4.69) is 6.07 Å². The largest absolute Gasteiger partial charge is 0.495 e. The molecule has 0 aliphatic rings. The van der Waals surface area contributed by atoms with Crippen LogP contribution in [0.4, 0.5) is 0 Å². The molecule has 0 bridgehead atoms. The van der Waals surface area contributed by atoms with Gasteiger partial charge in [0.05, 0.1) is 18.8 Å². The number of rotatable bonds is 5. The quantitative estimate of drug-likeness (QED) is 0.915. The zero-order valence-corrected chi connectivity index (χ0v) is 12.0. The fourth-order valence-corrected chi connectivity index (χ4v) is 1.93. The van der Waals surface area contributed by atoms with Gasteiger partial charge >= 0.3 is 0 Å². The molecule has 21 heavy (non-hydrogen) atoms. The molecule has 0 amide bonds. The van der Waals surface area contributed by atoms with Crippen LogP contribution in [-0.4, -0.2) is 12.2 Å². The van der Waals surface area contributed by atoms with E-state index in [1.165, 1.54) is 7.11 Å². The molecular formula is C17H17NO3. The third-order valence-corrected chi connectivity index (χ3v) is 3.15. The van der Waals surface area contributed by atoms with Gasteiger partial charge in [-0.05, 0) is 42.3 Å². The SMILES string of the molecule is COc1cc(COc2ccc([C@@H](C)O)cc2)ccc1C#N. The summed E-state index contributed by atoms with van der Waals surface area (Å²) >= 11 is 0. The second-order valence-electron chi connectivity index (χ2n) is 4.68. The third-order valence-electron chi connectivity index (χ3n) is 3.15. The highest BCUT2D eigenvalue weighted by Crippen LogP contribution is 2.22. The fraction of sp³-hybridized carbons (Fsp3) is 0.235. The zero-order chi connectivity index (χ0) is 15.2. The standard InChI is InChI=1S/C17H17NO3/c1-12(19)14-5-7-16(8-6-14)21-11-13-3-4-15(10-18)17(9-13)20-2/h3-9,12,19H,11H2,1-2H3/t12-/m1/s1. The number of aliphatic hydroxyl groups is 1. The molecule has 0 aliphatic carbocycles. The minimum atomic E-state index is -0.484. The molecule has 2 rings (SSSR count). The molecule has 0 unspecified atom stereocenters. The van der Waals surface area contributed by atoms with Gasteiger partial charge in [-0.2, -0.15) is 5.26 Å². The molecule has 0 saturated carbocycles. The fourth-order valence-electron chi connectivity index (χ4n) is 1.93. The van der Waals surface area contributed by atoms with Gasteiger partial charge in [0, 0.05) is 0 Å². The number of nitrogens with zero attached hydrogens (tertiary/aromatic N) is 1. The first-order chi connectivity index (χ1) is 10.1. The molecular weight excluding hydrogens is 266 g/mol. The first kappa shape index (κ1) is 14.9. The van der Waals surface area contributed by atoms with E-state index < -0.39 is 6.10 Å². The molecule has 0 fully saturated rings. The topological polar surface area (TPSA) is 62.5 Å². The Labute approximate surface area is 124 Å². The van der Waals surface area contributed by atoms with Crippen LogP contribution >= 0.6 is 0 Å². The Bertz CT molecular complexity index is 642. The summed E-state index contributed by atoms with van der Waals surface area (Å²) in [5.74, 6) is 1.27. The Hall–Kier alpha value is -2.51. The third kappa shape index (κ3) is 3.74. The van der Waals surface area contributed by atoms with Crippen molar-refractivity contribution in [1.29, 1.82) is 5.26 Å². The van der Waals surface area contributed by atoms with Crippen LogP contribution in [-0.2, 0) is 6.61 Å². The van der Waals surface area contributed by atoms with E-state index >= 15 is 0 Å². The average Bonchev–Trinajstić information content (AvgIpc) is 2.52. The van der Waals surface area contributed by atoms with E-state index in [4.69, 9.17) is 14.7 Å². The summed E-state index contributed by atoms with van der Waals surface area (Å²) in [7, 11) is 1.54. The van der Waals surface area contributed by atoms with Gasteiger partial charge in [-0.1, -0.05) is 18.2 Å². The van der Waals surface area contributed by atoms with Crippen molar-refractivity contribution in [3.63, 3.8) is 0 Å². The van der Waals surface area contributed by atoms with E-state index in [0.717, 1.165) is 16.9 Å². The van der Waals surface area contributed by atoms with Crippen LogP contribution in [0.25, 0.3) is 0 Å². The molecule has 0 aliphatic heterocycles. The van der Waals surface area contributed by atoms with Gasteiger partial charge in [-0.15, -0.1) is 0 Å². The number of hydrogen-bond donors (Lipinski definition) is 1. The summed E-state index contributed by atoms with van der Waals surface area (Å²) in [5.41, 5.74) is 2.27. The molecule has 0 spiro atoms. The summed E-state index contributed by atoms with van der Waals surface area (Å²) in [6.45, 7) is 2.11. The lowest BCUT2D eigenvalue weighted by Crippen LogP contribution is -1.98. The summed E-state index contributed by atoms with van der Waals surface area (Å²) in [5, 5.41) is 18.4. The first-order valence-corrected chi connectivity index (χ1v) is 6.62. The lowest BCUT2D eigenvalue weighted by molar-refractivity contribution is 0.199. The maximum atomic E-state index is 9.45. The van der Waals surface area contributed by atoms with Gasteiger partial charge in [0.25, 0.3) is 0 Å². The van der Waals surface area contributed by atoms with Gasteiger partial charge in [-0.25, -0.2) is 0 Å². The van der Waals surface area contributed by atoms with Crippen LogP contribution < -0.4 is 9.47 Å². The summed E-state index contributed by atoms with van der Waals surface area (Å²) in [4.78, 5) is 0. The minimum Gasteiger partial charge on any atom is -0.495 e. The zero-order valence-electron chi connectivity index (χ0n) is 12.0. The van der Waals surface area contributed by atoms with Crippen molar-refractivity contribution in [2.75, 3.05) is 7.11 Å². The van der Waals surface area contributed by atoms with Crippen LogP contribution in [0, 0.1) is 11.3 Å². The van der Waals surface area contributed by atoms with Crippen molar-refractivity contribution >= 4 is 0 Å². The second-order valence-corrected chi connectivity index (χ2v) is 4.68. The molecule has 2 aromatic rings. The second kappa shape index (κ2) is 6.78. The minimum absolute atomic E-state index is 0.385. The molecule has 1 N–H and O–H groups in total. The summed E-state index contributed by atoms with van der Waals surface area (Å²) in [6.07, 6.45) is -0.484. The van der Waals surface area contributed by atoms with Crippen LogP contribution in [0.1, 0.15) is 29.7 Å². The smallest absolute Gasteiger partial charge is 0.137 e. The Morgan fingerprint density at radius 1 is 1.19 bits per heavy atom. The number of hydrogen-bond acceptors (Lipinski definition) is 4. The molecule has 108 valence electrons. The van der Waals surface area contributed by atoms with Gasteiger partial charge in [0.15, 0.2) is 0 Å². The molecule has 4 nitrogen and oxygen atoms in total. The Balaban J connectivity index is 2.04. The number of nitriles is 1. The van der Waals surface area contributed by atoms with Crippen molar-refractivity contribution < 1.29 is 14.6 Å². The van der Waals surface area contributed by atoms with Gasteiger partial charge < -0.3 is 14.6 Å². The molecule has 0 radical (unpaired) electrons. The number of methoxy groups -OCH3 is 1. The van der Waals surface area contributed by atoms with E-state index in [9.17, 15) is 5.11 Å². The molecule has 0 heterocycles. The lowest BCUT2D eigenvalue weighted by Gasteiger charge is -2.10. The van der Waals surface area contributed by atoms with Crippen LogP contribution in [0.2, 0.25) is 0 Å². The van der Waals surface area contributed by atoms with Crippen molar-refractivity contribution in [2.45, 2.75) is 19.6 Å². The number of ether oxygens (including phenoxy) is 2. The van der Waals surface area contributed by atoms with Crippen molar-refractivity contribution in [3.8, 4) is 17.6 Å². The Kier molecular flexibility index (Phi) is 4.81. The predicted octanol–water partition coefficient (Wildman–Crippen LogP) is 3.20. The lowest BCUT2D eigenvalue weighted by atomic mass is 10.1. The summed E-state index contributed by atoms with van der Waals surface area (Å²) < 4.78 is 10.8. The Morgan fingerprint density at radius 2 is 1.90 bits per heavy atom. The van der Waals surface area contributed by atoms with Crippen LogP contribution in [0.5, 0.6) is 11.5 Å². The van der Waals surface area contributed by atoms with E-state index in [1.54, 1.807) is 19.1 Å². The van der Waals surface area contributed by atoms with Crippen molar-refractivity contribution in [1.82, 2.24) is 0 Å². The highest BCUT2D eigenvalue weighted by Gasteiger charge is 2.05. The molecule has 0 aromatic heterocycles. The Morgan fingerprint density at radius 3 is 2.48 bits per heavy atom. The first-order valence-electron chi connectivity index (χ1n) is 6.62. The monoisotopic (exact) mass is 283 g/mol. The van der Waals surface area contributed by atoms with E-state index in [-0.39, 0.29) is 0 Å². The van der Waals surface area contributed by atoms with E-state index in [0.29, 0.717) is 17.9 Å². The predicted molar refractivity (Wildman–Crippen MR) is 79.1 cm³/mol. The average molecular weight is 283 g/mol. The molecule has 2 aromatic carbocycles. The summed E-state index contributed by atoms with van der Waals surface area (Å²) in [6, 6.07) is 14.7. The van der Waals surface area contributed by atoms with Gasteiger partial charge in [0.1, 0.15) is 24.2 Å². The highest BCUT2D eigenvalue weighted by atomic mass is 16.5. The van der Waals surface area contributed by atoms with Crippen LogP contribution in [0.15, 0.2) is 42.5 Å². The maximum absolute atomic E-state index is 9.45. The van der Waals surface area contributed by atoms with Crippen molar-refractivity contribution in [3.05, 3.63) is 59.2 Å². The molecule has 1 atom stereocenters. The normalized spacial score (nSPS) is 11.5. The number of benzene rings is 2. The van der Waals surface area contributed by atoms with Crippen LogP contribution in [0.3, 0.4) is 0 Å². The van der Waals surface area contributed by atoms with Gasteiger partial charge in [0.2, 0.25) is 0 Å². The molecule has 0 saturated heterocycles. The molecule has 4 heteroatoms. The van der Waals surface area contributed by atoms with E-state index in [1.807, 2.05) is 30.3 Å². The maximum Gasteiger partial charge on any atom is 0.137 e.